The largest absolute Gasteiger partial charge is 0.309 e. The molecule has 0 spiro atoms. The molecule has 2 rings (SSSR count). The van der Waals surface area contributed by atoms with E-state index in [-0.39, 0.29) is 6.04 Å². The van der Waals surface area contributed by atoms with Crippen LogP contribution in [0.1, 0.15) is 42.6 Å². The summed E-state index contributed by atoms with van der Waals surface area (Å²) >= 11 is 6.31. The summed E-state index contributed by atoms with van der Waals surface area (Å²) in [5, 5.41) is 8.61. The molecule has 0 aliphatic rings. The molecule has 0 radical (unpaired) electrons. The molecule has 0 aliphatic carbocycles. The number of halogens is 1. The van der Waals surface area contributed by atoms with Crippen LogP contribution in [0.15, 0.2) is 30.5 Å². The lowest BCUT2D eigenvalue weighted by Gasteiger charge is -2.20. The fraction of sp³-hybridized carbons (Fsp3) is 0.471. The van der Waals surface area contributed by atoms with Gasteiger partial charge in [-0.2, -0.15) is 5.10 Å². The minimum absolute atomic E-state index is 0.240. The summed E-state index contributed by atoms with van der Waals surface area (Å²) in [6.07, 6.45) is 4.89. The molecule has 1 aromatic heterocycles. The lowest BCUT2D eigenvalue weighted by molar-refractivity contribution is 0.468. The molecule has 1 aromatic carbocycles. The van der Waals surface area contributed by atoms with E-state index in [4.69, 9.17) is 11.6 Å². The van der Waals surface area contributed by atoms with Crippen molar-refractivity contribution in [2.45, 2.75) is 39.2 Å². The monoisotopic (exact) mass is 305 g/mol. The molecule has 0 saturated carbocycles. The van der Waals surface area contributed by atoms with Crippen molar-refractivity contribution in [1.29, 1.82) is 0 Å². The first-order chi connectivity index (χ1) is 10.1. The molecule has 4 heteroatoms. The molecule has 1 N–H and O–H groups in total. The van der Waals surface area contributed by atoms with Gasteiger partial charge < -0.3 is 5.32 Å². The number of hydrogen-bond donors (Lipinski definition) is 1. The zero-order valence-electron chi connectivity index (χ0n) is 13.1. The lowest BCUT2D eigenvalue weighted by atomic mass is 9.99. The summed E-state index contributed by atoms with van der Waals surface area (Å²) < 4.78 is 1.88. The highest BCUT2D eigenvalue weighted by atomic mass is 35.5. The van der Waals surface area contributed by atoms with E-state index in [1.54, 1.807) is 6.20 Å². The molecule has 0 saturated heterocycles. The topological polar surface area (TPSA) is 29.9 Å². The molecule has 0 amide bonds. The van der Waals surface area contributed by atoms with Gasteiger partial charge in [-0.1, -0.05) is 42.8 Å². The number of aromatic nitrogens is 2. The second kappa shape index (κ2) is 7.62. The maximum absolute atomic E-state index is 6.31. The van der Waals surface area contributed by atoms with Crippen LogP contribution in [0, 0.1) is 6.92 Å². The molecular weight excluding hydrogens is 282 g/mol. The summed E-state index contributed by atoms with van der Waals surface area (Å²) in [6.45, 7) is 5.33. The van der Waals surface area contributed by atoms with Gasteiger partial charge in [-0.15, -0.1) is 0 Å². The first-order valence-corrected chi connectivity index (χ1v) is 7.96. The average Bonchev–Trinajstić information content (AvgIpc) is 2.81. The first-order valence-electron chi connectivity index (χ1n) is 7.58. The Hall–Kier alpha value is -1.32. The van der Waals surface area contributed by atoms with Gasteiger partial charge in [-0.25, -0.2) is 0 Å². The summed E-state index contributed by atoms with van der Waals surface area (Å²) in [7, 11) is 1.95. The van der Waals surface area contributed by atoms with Gasteiger partial charge in [-0.3, -0.25) is 4.68 Å². The Balaban J connectivity index is 2.12. The number of rotatable bonds is 7. The molecule has 0 fully saturated rings. The second-order valence-corrected chi connectivity index (χ2v) is 5.88. The van der Waals surface area contributed by atoms with Gasteiger partial charge in [0.2, 0.25) is 0 Å². The number of benzene rings is 1. The molecule has 3 nitrogen and oxygen atoms in total. The van der Waals surface area contributed by atoms with Crippen molar-refractivity contribution in [1.82, 2.24) is 15.1 Å². The van der Waals surface area contributed by atoms with Crippen molar-refractivity contribution in [3.8, 4) is 0 Å². The van der Waals surface area contributed by atoms with E-state index >= 15 is 0 Å². The molecule has 1 atom stereocenters. The highest BCUT2D eigenvalue weighted by Gasteiger charge is 2.18. The van der Waals surface area contributed by atoms with Gasteiger partial charge in [0.05, 0.1) is 23.0 Å². The van der Waals surface area contributed by atoms with Crippen molar-refractivity contribution >= 4 is 11.6 Å². The van der Waals surface area contributed by atoms with Crippen LogP contribution in [-0.4, -0.2) is 16.3 Å². The van der Waals surface area contributed by atoms with Crippen LogP contribution in [0.25, 0.3) is 0 Å². The van der Waals surface area contributed by atoms with Crippen LogP contribution in [-0.2, 0) is 13.5 Å². The maximum atomic E-state index is 6.31. The van der Waals surface area contributed by atoms with Crippen LogP contribution < -0.4 is 5.32 Å². The molecule has 0 bridgehead atoms. The highest BCUT2D eigenvalue weighted by Crippen LogP contribution is 2.26. The van der Waals surface area contributed by atoms with Gasteiger partial charge in [0, 0.05) is 7.05 Å². The zero-order valence-corrected chi connectivity index (χ0v) is 13.8. The van der Waals surface area contributed by atoms with Crippen LogP contribution in [0.5, 0.6) is 0 Å². The van der Waals surface area contributed by atoms with Crippen molar-refractivity contribution < 1.29 is 0 Å². The van der Waals surface area contributed by atoms with Crippen molar-refractivity contribution in [2.75, 3.05) is 6.54 Å². The van der Waals surface area contributed by atoms with E-state index in [0.717, 1.165) is 36.5 Å². The van der Waals surface area contributed by atoms with Gasteiger partial charge in [0.15, 0.2) is 0 Å². The Labute approximate surface area is 132 Å². The molecule has 0 aliphatic heterocycles. The van der Waals surface area contributed by atoms with Gasteiger partial charge >= 0.3 is 0 Å². The standard InChI is InChI=1S/C17H24ClN3/c1-4-11-19-16(17-15(18)12-20-21(17)3)10-9-14-8-6-5-7-13(14)2/h5-8,12,16,19H,4,9-11H2,1-3H3. The van der Waals surface area contributed by atoms with Gasteiger partial charge in [0.25, 0.3) is 0 Å². The number of aryl methyl sites for hydroxylation is 3. The minimum Gasteiger partial charge on any atom is -0.309 e. The fourth-order valence-electron chi connectivity index (χ4n) is 2.66. The minimum atomic E-state index is 0.240. The van der Waals surface area contributed by atoms with Crippen LogP contribution in [0.4, 0.5) is 0 Å². The molecule has 21 heavy (non-hydrogen) atoms. The predicted octanol–water partition coefficient (Wildman–Crippen LogP) is 4.06. The van der Waals surface area contributed by atoms with Crippen LogP contribution in [0.3, 0.4) is 0 Å². The molecule has 1 unspecified atom stereocenters. The Kier molecular flexibility index (Phi) is 5.83. The smallest absolute Gasteiger partial charge is 0.0834 e. The number of nitrogens with one attached hydrogen (secondary N) is 1. The third kappa shape index (κ3) is 4.08. The normalized spacial score (nSPS) is 12.6. The van der Waals surface area contributed by atoms with Crippen LogP contribution >= 0.6 is 11.6 Å². The fourth-order valence-corrected chi connectivity index (χ4v) is 2.95. The summed E-state index contributed by atoms with van der Waals surface area (Å²) in [6, 6.07) is 8.81. The van der Waals surface area contributed by atoms with E-state index in [0.29, 0.717) is 0 Å². The van der Waals surface area contributed by atoms with E-state index in [1.165, 1.54) is 11.1 Å². The van der Waals surface area contributed by atoms with Crippen molar-refractivity contribution in [3.05, 3.63) is 52.3 Å². The van der Waals surface area contributed by atoms with E-state index < -0.39 is 0 Å². The highest BCUT2D eigenvalue weighted by molar-refractivity contribution is 6.31. The van der Waals surface area contributed by atoms with Crippen molar-refractivity contribution in [3.63, 3.8) is 0 Å². The molecular formula is C17H24ClN3. The Morgan fingerprint density at radius 3 is 2.71 bits per heavy atom. The molecule has 2 aromatic rings. The lowest BCUT2D eigenvalue weighted by Crippen LogP contribution is -2.25. The summed E-state index contributed by atoms with van der Waals surface area (Å²) in [5.74, 6) is 0. The second-order valence-electron chi connectivity index (χ2n) is 5.47. The predicted molar refractivity (Wildman–Crippen MR) is 88.8 cm³/mol. The van der Waals surface area contributed by atoms with E-state index in [9.17, 15) is 0 Å². The Morgan fingerprint density at radius 1 is 1.33 bits per heavy atom. The SMILES string of the molecule is CCCNC(CCc1ccccc1C)c1c(Cl)cnn1C. The van der Waals surface area contributed by atoms with Crippen LogP contribution in [0.2, 0.25) is 5.02 Å². The summed E-state index contributed by atoms with van der Waals surface area (Å²) in [4.78, 5) is 0. The third-order valence-corrected chi connectivity index (χ3v) is 4.16. The van der Waals surface area contributed by atoms with E-state index in [1.807, 2.05) is 11.7 Å². The summed E-state index contributed by atoms with van der Waals surface area (Å²) in [5.41, 5.74) is 3.83. The first kappa shape index (κ1) is 16.1. The van der Waals surface area contributed by atoms with Crippen molar-refractivity contribution in [2.24, 2.45) is 7.05 Å². The van der Waals surface area contributed by atoms with E-state index in [2.05, 4.69) is 48.5 Å². The van der Waals surface area contributed by atoms with Gasteiger partial charge in [-0.05, 0) is 43.9 Å². The maximum Gasteiger partial charge on any atom is 0.0834 e. The number of nitrogens with zero attached hydrogens (tertiary/aromatic N) is 2. The Bertz CT molecular complexity index is 558. The average molecular weight is 306 g/mol. The molecule has 114 valence electrons. The molecule has 1 heterocycles. The Morgan fingerprint density at radius 2 is 2.10 bits per heavy atom. The number of hydrogen-bond acceptors (Lipinski definition) is 2. The van der Waals surface area contributed by atoms with Gasteiger partial charge in [0.1, 0.15) is 0 Å². The quantitative estimate of drug-likeness (QED) is 0.836. The zero-order chi connectivity index (χ0) is 15.2. The third-order valence-electron chi connectivity index (χ3n) is 3.87.